The van der Waals surface area contributed by atoms with Crippen LogP contribution in [0, 0.1) is 0 Å². The Balaban J connectivity index is 3.05. The lowest BCUT2D eigenvalue weighted by Crippen LogP contribution is -2.13. The van der Waals surface area contributed by atoms with Gasteiger partial charge in [0.25, 0.3) is 0 Å². The van der Waals surface area contributed by atoms with Crippen LogP contribution in [-0.4, -0.2) is 12.3 Å². The molecule has 0 spiro atoms. The van der Waals surface area contributed by atoms with Crippen LogP contribution in [-0.2, 0) is 6.67 Å². The van der Waals surface area contributed by atoms with Crippen molar-refractivity contribution in [2.75, 3.05) is 6.54 Å². The lowest BCUT2D eigenvalue weighted by molar-refractivity contribution is 0.100. The Morgan fingerprint density at radius 1 is 1.54 bits per heavy atom. The fourth-order valence-electron chi connectivity index (χ4n) is 0.978. The molecular formula is C9H9ClFNO. The molecular weight excluding hydrogens is 193 g/mol. The fraction of sp³-hybridized carbons (Fsp3) is 0.222. The molecule has 70 valence electrons. The van der Waals surface area contributed by atoms with Crippen molar-refractivity contribution < 1.29 is 9.18 Å². The maximum absolute atomic E-state index is 12.2. The summed E-state index contributed by atoms with van der Waals surface area (Å²) in [4.78, 5) is 11.1. The van der Waals surface area contributed by atoms with Crippen LogP contribution >= 0.6 is 11.6 Å². The summed E-state index contributed by atoms with van der Waals surface area (Å²) in [6.45, 7) is -0.675. The van der Waals surface area contributed by atoms with Gasteiger partial charge in [-0.2, -0.15) is 0 Å². The first-order chi connectivity index (χ1) is 6.19. The maximum atomic E-state index is 12.2. The third-order valence-electron chi connectivity index (χ3n) is 1.67. The number of halogens is 2. The zero-order valence-corrected chi connectivity index (χ0v) is 7.64. The highest BCUT2D eigenvalue weighted by Crippen LogP contribution is 2.18. The Labute approximate surface area is 80.5 Å². The highest BCUT2D eigenvalue weighted by atomic mass is 35.5. The highest BCUT2D eigenvalue weighted by Gasteiger charge is 2.08. The lowest BCUT2D eigenvalue weighted by Gasteiger charge is -2.02. The molecule has 1 aromatic carbocycles. The zero-order chi connectivity index (χ0) is 9.84. The number of benzene rings is 1. The zero-order valence-electron chi connectivity index (χ0n) is 6.89. The van der Waals surface area contributed by atoms with Gasteiger partial charge < -0.3 is 5.73 Å². The largest absolute Gasteiger partial charge is 0.324 e. The van der Waals surface area contributed by atoms with Crippen LogP contribution in [0.3, 0.4) is 0 Å². The number of hydrogen-bond acceptors (Lipinski definition) is 2. The number of nitrogens with two attached hydrogens (primary N) is 1. The normalized spacial score (nSPS) is 10.1. The van der Waals surface area contributed by atoms with E-state index in [1.807, 2.05) is 0 Å². The molecule has 1 rings (SSSR count). The molecule has 4 heteroatoms. The molecule has 1 aromatic rings. The van der Waals surface area contributed by atoms with Crippen LogP contribution in [0.25, 0.3) is 0 Å². The standard InChI is InChI=1S/C9H9ClFNO/c10-8-3-6(4-11)1-2-7(8)9(13)5-12/h1-3H,4-5,12H2. The van der Waals surface area contributed by atoms with Gasteiger partial charge in [0.15, 0.2) is 5.78 Å². The molecule has 0 aliphatic heterocycles. The third-order valence-corrected chi connectivity index (χ3v) is 1.99. The monoisotopic (exact) mass is 201 g/mol. The summed E-state index contributed by atoms with van der Waals surface area (Å²) < 4.78 is 12.2. The number of hydrogen-bond donors (Lipinski definition) is 1. The van der Waals surface area contributed by atoms with Crippen molar-refractivity contribution in [3.63, 3.8) is 0 Å². The summed E-state index contributed by atoms with van der Waals surface area (Å²) in [5.74, 6) is -0.240. The maximum Gasteiger partial charge on any atom is 0.177 e. The van der Waals surface area contributed by atoms with Gasteiger partial charge in [-0.1, -0.05) is 17.7 Å². The second-order valence-corrected chi connectivity index (χ2v) is 2.98. The molecule has 0 bridgehead atoms. The molecule has 0 aliphatic carbocycles. The van der Waals surface area contributed by atoms with Crippen molar-refractivity contribution in [1.29, 1.82) is 0 Å². The summed E-state index contributed by atoms with van der Waals surface area (Å²) in [6.07, 6.45) is 0. The second kappa shape index (κ2) is 4.35. The van der Waals surface area contributed by atoms with Crippen LogP contribution in [0.1, 0.15) is 15.9 Å². The molecule has 0 saturated heterocycles. The second-order valence-electron chi connectivity index (χ2n) is 2.58. The topological polar surface area (TPSA) is 43.1 Å². The average Bonchev–Trinajstić information content (AvgIpc) is 2.16. The van der Waals surface area contributed by atoms with Crippen LogP contribution in [0.4, 0.5) is 4.39 Å². The number of carbonyl (C=O) groups excluding carboxylic acids is 1. The Hall–Kier alpha value is -0.930. The van der Waals surface area contributed by atoms with Crippen molar-refractivity contribution in [2.45, 2.75) is 6.67 Å². The van der Waals surface area contributed by atoms with Gasteiger partial charge in [-0.3, -0.25) is 4.79 Å². The van der Waals surface area contributed by atoms with Crippen molar-refractivity contribution in [3.05, 3.63) is 34.3 Å². The average molecular weight is 202 g/mol. The Morgan fingerprint density at radius 2 is 2.23 bits per heavy atom. The first-order valence-electron chi connectivity index (χ1n) is 3.76. The van der Waals surface area contributed by atoms with E-state index in [4.69, 9.17) is 17.3 Å². The molecule has 13 heavy (non-hydrogen) atoms. The van der Waals surface area contributed by atoms with Gasteiger partial charge >= 0.3 is 0 Å². The number of rotatable bonds is 3. The third kappa shape index (κ3) is 2.26. The SMILES string of the molecule is NCC(=O)c1ccc(CF)cc1Cl. The summed E-state index contributed by atoms with van der Waals surface area (Å²) in [7, 11) is 0. The van der Waals surface area contributed by atoms with Gasteiger partial charge in [-0.05, 0) is 17.7 Å². The summed E-state index contributed by atoms with van der Waals surface area (Å²) >= 11 is 5.74. The Kier molecular flexibility index (Phi) is 3.39. The van der Waals surface area contributed by atoms with Crippen molar-refractivity contribution in [2.24, 2.45) is 5.73 Å². The molecule has 0 radical (unpaired) electrons. The van der Waals surface area contributed by atoms with Gasteiger partial charge in [0, 0.05) is 5.56 Å². The predicted octanol–water partition coefficient (Wildman–Crippen LogP) is 1.95. The molecule has 0 heterocycles. The molecule has 0 saturated carbocycles. The number of alkyl halides is 1. The molecule has 0 aromatic heterocycles. The van der Waals surface area contributed by atoms with Gasteiger partial charge in [-0.15, -0.1) is 0 Å². The quantitative estimate of drug-likeness (QED) is 0.760. The van der Waals surface area contributed by atoms with E-state index < -0.39 is 6.67 Å². The van der Waals surface area contributed by atoms with E-state index in [9.17, 15) is 9.18 Å². The molecule has 0 amide bonds. The highest BCUT2D eigenvalue weighted by molar-refractivity contribution is 6.34. The predicted molar refractivity (Wildman–Crippen MR) is 49.6 cm³/mol. The van der Waals surface area contributed by atoms with E-state index in [2.05, 4.69) is 0 Å². The van der Waals surface area contributed by atoms with Crippen LogP contribution < -0.4 is 5.73 Å². The van der Waals surface area contributed by atoms with Crippen molar-refractivity contribution >= 4 is 17.4 Å². The Bertz CT molecular complexity index is 327. The first-order valence-corrected chi connectivity index (χ1v) is 4.14. The van der Waals surface area contributed by atoms with Crippen molar-refractivity contribution in [3.8, 4) is 0 Å². The minimum atomic E-state index is -0.586. The van der Waals surface area contributed by atoms with Gasteiger partial charge in [0.05, 0.1) is 11.6 Å². The lowest BCUT2D eigenvalue weighted by atomic mass is 10.1. The minimum Gasteiger partial charge on any atom is -0.324 e. The molecule has 0 unspecified atom stereocenters. The van der Waals surface area contributed by atoms with Crippen LogP contribution in [0.15, 0.2) is 18.2 Å². The van der Waals surface area contributed by atoms with E-state index in [-0.39, 0.29) is 17.4 Å². The first kappa shape index (κ1) is 10.2. The number of carbonyl (C=O) groups is 1. The Morgan fingerprint density at radius 3 is 2.69 bits per heavy atom. The molecule has 2 N–H and O–H groups in total. The van der Waals surface area contributed by atoms with E-state index in [1.54, 1.807) is 0 Å². The minimum absolute atomic E-state index is 0.0886. The summed E-state index contributed by atoms with van der Waals surface area (Å²) in [6, 6.07) is 4.45. The van der Waals surface area contributed by atoms with E-state index in [0.29, 0.717) is 11.1 Å². The summed E-state index contributed by atoms with van der Waals surface area (Å²) in [5, 5.41) is 0.255. The van der Waals surface area contributed by atoms with Gasteiger partial charge in [-0.25, -0.2) is 4.39 Å². The van der Waals surface area contributed by atoms with Crippen molar-refractivity contribution in [1.82, 2.24) is 0 Å². The van der Waals surface area contributed by atoms with E-state index >= 15 is 0 Å². The molecule has 0 atom stereocenters. The fourth-order valence-corrected chi connectivity index (χ4v) is 1.29. The smallest absolute Gasteiger partial charge is 0.177 e. The van der Waals surface area contributed by atoms with Gasteiger partial charge in [0.2, 0.25) is 0 Å². The number of ketones is 1. The van der Waals surface area contributed by atoms with Crippen LogP contribution in [0.2, 0.25) is 5.02 Å². The number of Topliss-reactive ketones (excluding diaryl/α,β-unsaturated/α-hetero) is 1. The summed E-state index contributed by atoms with van der Waals surface area (Å²) in [5.41, 5.74) is 5.97. The molecule has 2 nitrogen and oxygen atoms in total. The van der Waals surface area contributed by atoms with Crippen LogP contribution in [0.5, 0.6) is 0 Å². The molecule has 0 fully saturated rings. The van der Waals surface area contributed by atoms with E-state index in [0.717, 1.165) is 0 Å². The molecule has 0 aliphatic rings. The van der Waals surface area contributed by atoms with Gasteiger partial charge in [0.1, 0.15) is 6.67 Å². The van der Waals surface area contributed by atoms with E-state index in [1.165, 1.54) is 18.2 Å².